The van der Waals surface area contributed by atoms with Crippen LogP contribution in [0, 0.1) is 5.92 Å². The predicted octanol–water partition coefficient (Wildman–Crippen LogP) is 2.91. The first-order valence-electron chi connectivity index (χ1n) is 6.12. The van der Waals surface area contributed by atoms with E-state index < -0.39 is 0 Å². The van der Waals surface area contributed by atoms with Crippen LogP contribution in [0.1, 0.15) is 32.6 Å². The summed E-state index contributed by atoms with van der Waals surface area (Å²) in [5, 5.41) is 0. The molecule has 1 rings (SSSR count). The van der Waals surface area contributed by atoms with Gasteiger partial charge in [0.1, 0.15) is 0 Å². The van der Waals surface area contributed by atoms with Gasteiger partial charge in [0.15, 0.2) is 0 Å². The Labute approximate surface area is 102 Å². The molecule has 0 aromatic carbocycles. The molecular weight excluding hydrogens is 254 g/mol. The van der Waals surface area contributed by atoms with Crippen molar-refractivity contribution in [3.63, 3.8) is 0 Å². The summed E-state index contributed by atoms with van der Waals surface area (Å²) >= 11 is 3.63. The van der Waals surface area contributed by atoms with Crippen LogP contribution in [0.3, 0.4) is 0 Å². The fraction of sp³-hybridized carbons (Fsp3) is 1.00. The fourth-order valence-corrected chi connectivity index (χ4v) is 2.96. The third-order valence-electron chi connectivity index (χ3n) is 3.01. The molecule has 3 heteroatoms. The molecule has 0 heterocycles. The van der Waals surface area contributed by atoms with Gasteiger partial charge in [0.05, 0.1) is 6.61 Å². The number of nitrogens with zero attached hydrogens (tertiary/aromatic N) is 1. The molecule has 0 aromatic heterocycles. The van der Waals surface area contributed by atoms with Crippen LogP contribution < -0.4 is 0 Å². The molecule has 0 N–H and O–H groups in total. The van der Waals surface area contributed by atoms with Gasteiger partial charge in [0.2, 0.25) is 0 Å². The highest BCUT2D eigenvalue weighted by Gasteiger charge is 2.27. The molecule has 2 nitrogen and oxygen atoms in total. The number of halogens is 1. The van der Waals surface area contributed by atoms with Crippen LogP contribution in [-0.4, -0.2) is 43.1 Å². The Balaban J connectivity index is 1.87. The van der Waals surface area contributed by atoms with E-state index in [1.54, 1.807) is 0 Å². The topological polar surface area (TPSA) is 12.5 Å². The van der Waals surface area contributed by atoms with Crippen molar-refractivity contribution in [3.8, 4) is 0 Å². The first-order chi connectivity index (χ1) is 7.22. The van der Waals surface area contributed by atoms with Gasteiger partial charge in [-0.25, -0.2) is 0 Å². The Kier molecular flexibility index (Phi) is 6.86. The lowest BCUT2D eigenvalue weighted by molar-refractivity contribution is 0.0991. The number of unbranched alkanes of at least 4 members (excludes halogenated alkanes) is 1. The van der Waals surface area contributed by atoms with Crippen molar-refractivity contribution in [2.45, 2.75) is 37.4 Å². The molecule has 0 amide bonds. The molecule has 0 aliphatic heterocycles. The van der Waals surface area contributed by atoms with Crippen molar-refractivity contribution in [1.29, 1.82) is 0 Å². The molecule has 0 aromatic rings. The smallest absolute Gasteiger partial charge is 0.0593 e. The summed E-state index contributed by atoms with van der Waals surface area (Å²) in [6.07, 6.45) is 5.12. The molecular formula is C12H24BrNO. The molecule has 0 unspecified atom stereocenters. The standard InChI is InChI=1S/C12H24BrNO/c1-3-4-6-15-7-5-14(2)10-11-8-12(13)9-11/h11-12H,3-10H2,1-2H3. The monoisotopic (exact) mass is 277 g/mol. The molecule has 0 radical (unpaired) electrons. The van der Waals surface area contributed by atoms with Gasteiger partial charge < -0.3 is 9.64 Å². The molecule has 1 fully saturated rings. The van der Waals surface area contributed by atoms with E-state index >= 15 is 0 Å². The number of ether oxygens (including phenoxy) is 1. The molecule has 90 valence electrons. The van der Waals surface area contributed by atoms with E-state index in [9.17, 15) is 0 Å². The first kappa shape index (κ1) is 13.5. The summed E-state index contributed by atoms with van der Waals surface area (Å²) in [6, 6.07) is 0. The van der Waals surface area contributed by atoms with Gasteiger partial charge in [-0.1, -0.05) is 29.3 Å². The van der Waals surface area contributed by atoms with E-state index in [1.807, 2.05) is 0 Å². The minimum Gasteiger partial charge on any atom is -0.380 e. The second kappa shape index (κ2) is 7.64. The maximum absolute atomic E-state index is 5.55. The van der Waals surface area contributed by atoms with Crippen molar-refractivity contribution in [3.05, 3.63) is 0 Å². The van der Waals surface area contributed by atoms with Crippen molar-refractivity contribution in [2.24, 2.45) is 5.92 Å². The summed E-state index contributed by atoms with van der Waals surface area (Å²) in [4.78, 5) is 3.19. The number of hydrogen-bond donors (Lipinski definition) is 0. The molecule has 1 saturated carbocycles. The van der Waals surface area contributed by atoms with Crippen LogP contribution in [0.15, 0.2) is 0 Å². The Morgan fingerprint density at radius 2 is 2.07 bits per heavy atom. The minimum atomic E-state index is 0.789. The van der Waals surface area contributed by atoms with Crippen LogP contribution in [0.5, 0.6) is 0 Å². The van der Waals surface area contributed by atoms with E-state index in [0.29, 0.717) is 0 Å². The van der Waals surface area contributed by atoms with Crippen LogP contribution in [0.2, 0.25) is 0 Å². The predicted molar refractivity (Wildman–Crippen MR) is 68.7 cm³/mol. The number of rotatable bonds is 8. The van der Waals surface area contributed by atoms with Crippen molar-refractivity contribution in [2.75, 3.05) is 33.4 Å². The zero-order valence-electron chi connectivity index (χ0n) is 10.0. The minimum absolute atomic E-state index is 0.789. The number of alkyl halides is 1. The van der Waals surface area contributed by atoms with Gasteiger partial charge in [-0.3, -0.25) is 0 Å². The summed E-state index contributed by atoms with van der Waals surface area (Å²) in [5.41, 5.74) is 0. The van der Waals surface area contributed by atoms with Crippen molar-refractivity contribution < 1.29 is 4.74 Å². The second-order valence-corrected chi connectivity index (χ2v) is 5.96. The third-order valence-corrected chi connectivity index (χ3v) is 3.76. The summed E-state index contributed by atoms with van der Waals surface area (Å²) in [7, 11) is 2.20. The van der Waals surface area contributed by atoms with E-state index in [-0.39, 0.29) is 0 Å². The quantitative estimate of drug-likeness (QED) is 0.500. The van der Waals surface area contributed by atoms with Gasteiger partial charge in [-0.05, 0) is 32.2 Å². The largest absolute Gasteiger partial charge is 0.380 e. The molecule has 0 spiro atoms. The Morgan fingerprint density at radius 1 is 1.33 bits per heavy atom. The molecule has 1 aliphatic carbocycles. The van der Waals surface area contributed by atoms with Crippen LogP contribution >= 0.6 is 15.9 Å². The molecule has 15 heavy (non-hydrogen) atoms. The zero-order valence-corrected chi connectivity index (χ0v) is 11.6. The Hall–Kier alpha value is 0.400. The highest BCUT2D eigenvalue weighted by atomic mass is 79.9. The highest BCUT2D eigenvalue weighted by Crippen LogP contribution is 2.33. The SMILES string of the molecule is CCCCOCCN(C)CC1CC(Br)C1. The summed E-state index contributed by atoms with van der Waals surface area (Å²) in [5.74, 6) is 0.912. The average molecular weight is 278 g/mol. The fourth-order valence-electron chi connectivity index (χ4n) is 1.90. The first-order valence-corrected chi connectivity index (χ1v) is 7.04. The van der Waals surface area contributed by atoms with Crippen LogP contribution in [0.25, 0.3) is 0 Å². The maximum Gasteiger partial charge on any atom is 0.0593 e. The van der Waals surface area contributed by atoms with E-state index in [1.165, 1.54) is 32.2 Å². The van der Waals surface area contributed by atoms with Gasteiger partial charge in [0, 0.05) is 24.5 Å². The number of hydrogen-bond acceptors (Lipinski definition) is 2. The van der Waals surface area contributed by atoms with E-state index in [4.69, 9.17) is 4.74 Å². The van der Waals surface area contributed by atoms with Gasteiger partial charge in [0.25, 0.3) is 0 Å². The van der Waals surface area contributed by atoms with Crippen molar-refractivity contribution >= 4 is 15.9 Å². The average Bonchev–Trinajstić information content (AvgIpc) is 2.15. The van der Waals surface area contributed by atoms with Crippen LogP contribution in [-0.2, 0) is 4.74 Å². The lowest BCUT2D eigenvalue weighted by Gasteiger charge is -2.34. The van der Waals surface area contributed by atoms with E-state index in [0.717, 1.165) is 30.5 Å². The maximum atomic E-state index is 5.55. The summed E-state index contributed by atoms with van der Waals surface area (Å²) < 4.78 is 5.55. The lowest BCUT2D eigenvalue weighted by atomic mass is 9.85. The van der Waals surface area contributed by atoms with Gasteiger partial charge >= 0.3 is 0 Å². The van der Waals surface area contributed by atoms with Crippen LogP contribution in [0.4, 0.5) is 0 Å². The molecule has 0 atom stereocenters. The lowest BCUT2D eigenvalue weighted by Crippen LogP contribution is -2.36. The summed E-state index contributed by atoms with van der Waals surface area (Å²) in [6.45, 7) is 6.33. The Morgan fingerprint density at radius 3 is 2.67 bits per heavy atom. The second-order valence-electron chi connectivity index (χ2n) is 4.66. The molecule has 1 aliphatic rings. The molecule has 0 bridgehead atoms. The third kappa shape index (κ3) is 5.88. The normalized spacial score (nSPS) is 25.6. The highest BCUT2D eigenvalue weighted by molar-refractivity contribution is 9.09. The zero-order chi connectivity index (χ0) is 11.1. The van der Waals surface area contributed by atoms with Gasteiger partial charge in [-0.2, -0.15) is 0 Å². The molecule has 0 saturated heterocycles. The number of likely N-dealkylation sites (N-methyl/N-ethyl adjacent to an activating group) is 1. The van der Waals surface area contributed by atoms with Gasteiger partial charge in [-0.15, -0.1) is 0 Å². The van der Waals surface area contributed by atoms with Crippen molar-refractivity contribution in [1.82, 2.24) is 4.90 Å². The van der Waals surface area contributed by atoms with E-state index in [2.05, 4.69) is 34.8 Å². The Bertz CT molecular complexity index is 160.